The van der Waals surface area contributed by atoms with Crippen LogP contribution in [0.2, 0.25) is 0 Å². The average Bonchev–Trinajstić information content (AvgIpc) is 3.13. The van der Waals surface area contributed by atoms with E-state index in [1.165, 1.54) is 5.56 Å². The summed E-state index contributed by atoms with van der Waals surface area (Å²) in [5.41, 5.74) is 1.37. The Bertz CT molecular complexity index is 520. The van der Waals surface area contributed by atoms with Gasteiger partial charge < -0.3 is 4.74 Å². The number of hydrogen-bond donors (Lipinski definition) is 0. The van der Waals surface area contributed by atoms with Gasteiger partial charge >= 0.3 is 0 Å². The first-order chi connectivity index (χ1) is 9.92. The van der Waals surface area contributed by atoms with E-state index in [-0.39, 0.29) is 0 Å². The van der Waals surface area contributed by atoms with E-state index in [1.54, 1.807) is 0 Å². The molecule has 0 radical (unpaired) electrons. The second-order valence-corrected chi connectivity index (χ2v) is 5.35. The van der Waals surface area contributed by atoms with Crippen LogP contribution < -0.4 is 0 Å². The van der Waals surface area contributed by atoms with Gasteiger partial charge in [-0.1, -0.05) is 30.3 Å². The third-order valence-corrected chi connectivity index (χ3v) is 3.77. The molecule has 1 aromatic heterocycles. The van der Waals surface area contributed by atoms with Crippen LogP contribution in [0.3, 0.4) is 0 Å². The van der Waals surface area contributed by atoms with Crippen molar-refractivity contribution in [2.75, 3.05) is 13.2 Å². The minimum atomic E-state index is 0.561. The molecule has 0 saturated carbocycles. The normalized spacial score (nSPS) is 18.5. The highest BCUT2D eigenvalue weighted by atomic mass is 16.5. The Morgan fingerprint density at radius 2 is 2.10 bits per heavy atom. The van der Waals surface area contributed by atoms with E-state index < -0.39 is 0 Å². The van der Waals surface area contributed by atoms with E-state index >= 15 is 0 Å². The van der Waals surface area contributed by atoms with E-state index in [1.807, 2.05) is 10.7 Å². The van der Waals surface area contributed by atoms with Crippen molar-refractivity contribution in [1.29, 1.82) is 0 Å². The summed E-state index contributed by atoms with van der Waals surface area (Å²) in [5, 5.41) is 12.1. The summed E-state index contributed by atoms with van der Waals surface area (Å²) in [6, 6.07) is 10.5. The van der Waals surface area contributed by atoms with Crippen molar-refractivity contribution in [2.24, 2.45) is 5.92 Å². The van der Waals surface area contributed by atoms with Gasteiger partial charge in [-0.2, -0.15) is 0 Å². The molecule has 1 atom stereocenters. The summed E-state index contributed by atoms with van der Waals surface area (Å²) in [6.07, 6.45) is 4.19. The lowest BCUT2D eigenvalue weighted by molar-refractivity contribution is 0.181. The number of hydrogen-bond acceptors (Lipinski definition) is 4. The monoisotopic (exact) mass is 272 g/mol. The number of benzene rings is 1. The summed E-state index contributed by atoms with van der Waals surface area (Å²) >= 11 is 0. The van der Waals surface area contributed by atoms with Crippen molar-refractivity contribution in [3.63, 3.8) is 0 Å². The van der Waals surface area contributed by atoms with Gasteiger partial charge in [0, 0.05) is 25.5 Å². The molecule has 2 aromatic rings. The maximum absolute atomic E-state index is 5.40. The van der Waals surface area contributed by atoms with E-state index in [4.69, 9.17) is 4.74 Å². The molecule has 1 aromatic carbocycles. The Balaban J connectivity index is 1.51. The van der Waals surface area contributed by atoms with Crippen molar-refractivity contribution in [2.45, 2.75) is 32.2 Å². The minimum Gasteiger partial charge on any atom is -0.381 e. The van der Waals surface area contributed by atoms with Gasteiger partial charge in [-0.05, 0) is 35.3 Å². The Morgan fingerprint density at radius 1 is 1.20 bits per heavy atom. The van der Waals surface area contributed by atoms with Gasteiger partial charge in [0.1, 0.15) is 0 Å². The molecule has 0 bridgehead atoms. The van der Waals surface area contributed by atoms with Crippen molar-refractivity contribution in [3.05, 3.63) is 41.7 Å². The van der Waals surface area contributed by atoms with Crippen molar-refractivity contribution < 1.29 is 4.74 Å². The van der Waals surface area contributed by atoms with Gasteiger partial charge in [-0.3, -0.25) is 0 Å². The highest BCUT2D eigenvalue weighted by Crippen LogP contribution is 2.15. The van der Waals surface area contributed by atoms with Gasteiger partial charge in [0.15, 0.2) is 5.82 Å². The fraction of sp³-hybridized carbons (Fsp3) is 0.533. The molecule has 5 nitrogen and oxygen atoms in total. The molecule has 106 valence electrons. The Labute approximate surface area is 118 Å². The van der Waals surface area contributed by atoms with E-state index in [0.29, 0.717) is 5.92 Å². The van der Waals surface area contributed by atoms with Gasteiger partial charge in [-0.25, -0.2) is 4.68 Å². The van der Waals surface area contributed by atoms with Crippen LogP contribution in [0.4, 0.5) is 0 Å². The summed E-state index contributed by atoms with van der Waals surface area (Å²) in [7, 11) is 0. The number of aryl methyl sites for hydroxylation is 2. The van der Waals surface area contributed by atoms with E-state index in [9.17, 15) is 0 Å². The molecule has 1 fully saturated rings. The second-order valence-electron chi connectivity index (χ2n) is 5.35. The molecule has 1 aliphatic heterocycles. The molecular formula is C15H20N4O. The lowest BCUT2D eigenvalue weighted by Crippen LogP contribution is -2.15. The molecule has 5 heteroatoms. The molecule has 0 aliphatic carbocycles. The molecule has 1 aliphatic rings. The first-order valence-corrected chi connectivity index (χ1v) is 7.28. The standard InChI is InChI=1S/C15H20N4O/c1-2-5-13(6-3-1)7-4-8-15-16-17-18-19(15)11-14-9-10-20-12-14/h1-3,5-6,14H,4,7-12H2/t14-/m0/s1. The lowest BCUT2D eigenvalue weighted by atomic mass is 10.1. The van der Waals surface area contributed by atoms with Crippen LogP contribution in [0.25, 0.3) is 0 Å². The Hall–Kier alpha value is -1.75. The highest BCUT2D eigenvalue weighted by Gasteiger charge is 2.18. The van der Waals surface area contributed by atoms with Crippen LogP contribution in [0.15, 0.2) is 30.3 Å². The Morgan fingerprint density at radius 3 is 2.90 bits per heavy atom. The zero-order valence-electron chi connectivity index (χ0n) is 11.6. The predicted molar refractivity (Wildman–Crippen MR) is 75.2 cm³/mol. The predicted octanol–water partition coefficient (Wildman–Crippen LogP) is 1.88. The zero-order chi connectivity index (χ0) is 13.6. The Kier molecular flexibility index (Phi) is 4.38. The number of tetrazole rings is 1. The first-order valence-electron chi connectivity index (χ1n) is 7.28. The molecule has 0 amide bonds. The van der Waals surface area contributed by atoms with Crippen LogP contribution in [0.5, 0.6) is 0 Å². The van der Waals surface area contributed by atoms with E-state index in [0.717, 1.165) is 51.3 Å². The highest BCUT2D eigenvalue weighted by molar-refractivity contribution is 5.14. The number of aromatic nitrogens is 4. The molecule has 0 unspecified atom stereocenters. The lowest BCUT2D eigenvalue weighted by Gasteiger charge is -2.08. The smallest absolute Gasteiger partial charge is 0.151 e. The maximum Gasteiger partial charge on any atom is 0.151 e. The van der Waals surface area contributed by atoms with Crippen molar-refractivity contribution in [3.8, 4) is 0 Å². The summed E-state index contributed by atoms with van der Waals surface area (Å²) in [4.78, 5) is 0. The molecular weight excluding hydrogens is 252 g/mol. The molecule has 1 saturated heterocycles. The third kappa shape index (κ3) is 3.42. The van der Waals surface area contributed by atoms with Crippen molar-refractivity contribution in [1.82, 2.24) is 20.2 Å². The third-order valence-electron chi connectivity index (χ3n) is 3.77. The fourth-order valence-corrected chi connectivity index (χ4v) is 2.61. The van der Waals surface area contributed by atoms with Gasteiger partial charge in [0.25, 0.3) is 0 Å². The van der Waals surface area contributed by atoms with Gasteiger partial charge in [0.2, 0.25) is 0 Å². The first kappa shape index (κ1) is 13.2. The maximum atomic E-state index is 5.40. The summed E-state index contributed by atoms with van der Waals surface area (Å²) in [6.45, 7) is 2.59. The largest absolute Gasteiger partial charge is 0.381 e. The summed E-state index contributed by atoms with van der Waals surface area (Å²) < 4.78 is 7.35. The number of nitrogens with zero attached hydrogens (tertiary/aromatic N) is 4. The molecule has 0 N–H and O–H groups in total. The topological polar surface area (TPSA) is 52.8 Å². The quantitative estimate of drug-likeness (QED) is 0.805. The van der Waals surface area contributed by atoms with Crippen LogP contribution >= 0.6 is 0 Å². The van der Waals surface area contributed by atoms with Crippen LogP contribution in [-0.2, 0) is 24.1 Å². The van der Waals surface area contributed by atoms with E-state index in [2.05, 4.69) is 39.8 Å². The molecule has 3 rings (SSSR count). The van der Waals surface area contributed by atoms with Crippen molar-refractivity contribution >= 4 is 0 Å². The molecule has 20 heavy (non-hydrogen) atoms. The molecule has 0 spiro atoms. The fourth-order valence-electron chi connectivity index (χ4n) is 2.61. The van der Waals surface area contributed by atoms with Crippen LogP contribution in [0.1, 0.15) is 24.2 Å². The van der Waals surface area contributed by atoms with Gasteiger partial charge in [0.05, 0.1) is 6.61 Å². The zero-order valence-corrected chi connectivity index (χ0v) is 11.6. The summed E-state index contributed by atoms with van der Waals surface area (Å²) in [5.74, 6) is 1.55. The van der Waals surface area contributed by atoms with Gasteiger partial charge in [-0.15, -0.1) is 5.10 Å². The molecule has 2 heterocycles. The second kappa shape index (κ2) is 6.61. The number of rotatable bonds is 6. The minimum absolute atomic E-state index is 0.561. The van der Waals surface area contributed by atoms with Crippen LogP contribution in [-0.4, -0.2) is 33.4 Å². The van der Waals surface area contributed by atoms with Crippen LogP contribution in [0, 0.1) is 5.92 Å². The SMILES string of the molecule is c1ccc(CCCc2nnnn2C[C@@H]2CCOC2)cc1. The number of ether oxygens (including phenoxy) is 1. The average molecular weight is 272 g/mol.